The van der Waals surface area contributed by atoms with Crippen LogP contribution in [0.3, 0.4) is 0 Å². The van der Waals surface area contributed by atoms with Crippen molar-refractivity contribution in [1.82, 2.24) is 0 Å². The summed E-state index contributed by atoms with van der Waals surface area (Å²) in [5, 5.41) is 0. The Labute approximate surface area is 104 Å². The molecular weight excluding hydrogens is 192 g/mol. The molecular formula is C16H34. The van der Waals surface area contributed by atoms with Crippen LogP contribution < -0.4 is 0 Å². The topological polar surface area (TPSA) is 0 Å². The first kappa shape index (κ1) is 16.0. The lowest BCUT2D eigenvalue weighted by atomic mass is 9.82. The number of rotatable bonds is 11. The normalized spacial score (nSPS) is 12.0. The van der Waals surface area contributed by atoms with E-state index in [1.807, 2.05) is 0 Å². The first-order valence-corrected chi connectivity index (χ1v) is 7.62. The number of hydrogen-bond acceptors (Lipinski definition) is 0. The lowest BCUT2D eigenvalue weighted by Gasteiger charge is -2.24. The van der Waals surface area contributed by atoms with Gasteiger partial charge in [-0.15, -0.1) is 0 Å². The minimum Gasteiger partial charge on any atom is -0.0654 e. The highest BCUT2D eigenvalue weighted by molar-refractivity contribution is 4.68. The Hall–Kier alpha value is 0. The van der Waals surface area contributed by atoms with Gasteiger partial charge in [0.1, 0.15) is 0 Å². The molecule has 0 amide bonds. The van der Waals surface area contributed by atoms with Crippen LogP contribution in [0.5, 0.6) is 0 Å². The van der Waals surface area contributed by atoms with Crippen molar-refractivity contribution in [3.05, 3.63) is 0 Å². The van der Waals surface area contributed by atoms with Crippen LogP contribution in [0, 0.1) is 5.41 Å². The molecule has 0 aliphatic carbocycles. The summed E-state index contributed by atoms with van der Waals surface area (Å²) in [6.45, 7) is 9.49. The first-order valence-electron chi connectivity index (χ1n) is 7.62. The molecule has 0 spiro atoms. The SMILES string of the molecule is CCCCCCCCC(C)(C)CCCCC. The maximum absolute atomic E-state index is 2.45. The molecule has 98 valence electrons. The van der Waals surface area contributed by atoms with Crippen molar-refractivity contribution in [3.63, 3.8) is 0 Å². The highest BCUT2D eigenvalue weighted by atomic mass is 14.2. The van der Waals surface area contributed by atoms with Gasteiger partial charge in [0.25, 0.3) is 0 Å². The van der Waals surface area contributed by atoms with Crippen LogP contribution >= 0.6 is 0 Å². The standard InChI is InChI=1S/C16H34/c1-5-7-9-10-11-13-15-16(3,4)14-12-8-6-2/h5-15H2,1-4H3. The fourth-order valence-electron chi connectivity index (χ4n) is 2.36. The molecule has 0 saturated heterocycles. The van der Waals surface area contributed by atoms with E-state index in [4.69, 9.17) is 0 Å². The molecule has 0 heteroatoms. The third-order valence-electron chi connectivity index (χ3n) is 3.66. The molecule has 0 atom stereocenters. The molecule has 0 aromatic carbocycles. The van der Waals surface area contributed by atoms with Crippen LogP contribution in [-0.4, -0.2) is 0 Å². The molecule has 0 heterocycles. The molecule has 0 N–H and O–H groups in total. The highest BCUT2D eigenvalue weighted by Gasteiger charge is 2.16. The fraction of sp³-hybridized carbons (Fsp3) is 1.00. The highest BCUT2D eigenvalue weighted by Crippen LogP contribution is 2.30. The summed E-state index contributed by atoms with van der Waals surface area (Å²) in [4.78, 5) is 0. The summed E-state index contributed by atoms with van der Waals surface area (Å²) in [6.07, 6.45) is 15.7. The predicted octanol–water partition coefficient (Wildman–Crippen LogP) is 6.34. The van der Waals surface area contributed by atoms with Crippen molar-refractivity contribution in [3.8, 4) is 0 Å². The van der Waals surface area contributed by atoms with Gasteiger partial charge in [-0.3, -0.25) is 0 Å². The second kappa shape index (κ2) is 10.2. The van der Waals surface area contributed by atoms with Crippen LogP contribution in [0.1, 0.15) is 98.3 Å². The monoisotopic (exact) mass is 226 g/mol. The molecule has 0 aromatic rings. The first-order chi connectivity index (χ1) is 7.62. The van der Waals surface area contributed by atoms with Crippen LogP contribution in [0.2, 0.25) is 0 Å². The molecule has 0 aliphatic heterocycles. The van der Waals surface area contributed by atoms with Crippen LogP contribution in [0.4, 0.5) is 0 Å². The van der Waals surface area contributed by atoms with E-state index < -0.39 is 0 Å². The molecule has 0 aliphatic rings. The second-order valence-electron chi connectivity index (χ2n) is 6.14. The lowest BCUT2D eigenvalue weighted by molar-refractivity contribution is 0.283. The van der Waals surface area contributed by atoms with Crippen molar-refractivity contribution in [2.24, 2.45) is 5.41 Å². The average molecular weight is 226 g/mol. The molecule has 0 saturated carbocycles. The third-order valence-corrected chi connectivity index (χ3v) is 3.66. The van der Waals surface area contributed by atoms with Gasteiger partial charge >= 0.3 is 0 Å². The van der Waals surface area contributed by atoms with E-state index in [0.717, 1.165) is 0 Å². The van der Waals surface area contributed by atoms with Gasteiger partial charge < -0.3 is 0 Å². The van der Waals surface area contributed by atoms with E-state index >= 15 is 0 Å². The molecule has 0 unspecified atom stereocenters. The molecule has 0 fully saturated rings. The Morgan fingerprint density at radius 3 is 1.50 bits per heavy atom. The summed E-state index contributed by atoms with van der Waals surface area (Å²) in [7, 11) is 0. The fourth-order valence-corrected chi connectivity index (χ4v) is 2.36. The summed E-state index contributed by atoms with van der Waals surface area (Å²) >= 11 is 0. The van der Waals surface area contributed by atoms with Crippen LogP contribution in [0.25, 0.3) is 0 Å². The maximum atomic E-state index is 2.45. The number of unbranched alkanes of at least 4 members (excludes halogenated alkanes) is 7. The van der Waals surface area contributed by atoms with Crippen molar-refractivity contribution in [2.45, 2.75) is 98.3 Å². The Kier molecular flexibility index (Phi) is 10.2. The quantitative estimate of drug-likeness (QED) is 0.360. The predicted molar refractivity (Wildman–Crippen MR) is 75.9 cm³/mol. The third kappa shape index (κ3) is 10.5. The van der Waals surface area contributed by atoms with Crippen molar-refractivity contribution in [2.75, 3.05) is 0 Å². The molecule has 0 bridgehead atoms. The van der Waals surface area contributed by atoms with E-state index in [-0.39, 0.29) is 0 Å². The zero-order valence-corrected chi connectivity index (χ0v) is 12.3. The van der Waals surface area contributed by atoms with Crippen LogP contribution in [0.15, 0.2) is 0 Å². The van der Waals surface area contributed by atoms with Crippen molar-refractivity contribution < 1.29 is 0 Å². The van der Waals surface area contributed by atoms with Gasteiger partial charge in [-0.2, -0.15) is 0 Å². The van der Waals surface area contributed by atoms with E-state index in [1.54, 1.807) is 0 Å². The Balaban J connectivity index is 3.35. The molecule has 0 aromatic heterocycles. The minimum atomic E-state index is 0.597. The minimum absolute atomic E-state index is 0.597. The van der Waals surface area contributed by atoms with Crippen LogP contribution in [-0.2, 0) is 0 Å². The zero-order valence-electron chi connectivity index (χ0n) is 12.3. The Morgan fingerprint density at radius 2 is 0.938 bits per heavy atom. The van der Waals surface area contributed by atoms with E-state index in [2.05, 4.69) is 27.7 Å². The second-order valence-corrected chi connectivity index (χ2v) is 6.14. The zero-order chi connectivity index (χ0) is 12.3. The lowest BCUT2D eigenvalue weighted by Crippen LogP contribution is -2.10. The largest absolute Gasteiger partial charge is 0.0654 e. The van der Waals surface area contributed by atoms with E-state index in [1.165, 1.54) is 70.6 Å². The van der Waals surface area contributed by atoms with Gasteiger partial charge in [-0.1, -0.05) is 85.5 Å². The van der Waals surface area contributed by atoms with Crippen molar-refractivity contribution in [1.29, 1.82) is 0 Å². The van der Waals surface area contributed by atoms with Gasteiger partial charge in [0, 0.05) is 0 Å². The molecule has 0 rings (SSSR count). The van der Waals surface area contributed by atoms with Gasteiger partial charge in [0.15, 0.2) is 0 Å². The smallest absolute Gasteiger partial charge is 0.0354 e. The van der Waals surface area contributed by atoms with Gasteiger partial charge in [-0.05, 0) is 18.3 Å². The Morgan fingerprint density at radius 1 is 0.562 bits per heavy atom. The van der Waals surface area contributed by atoms with Gasteiger partial charge in [0.05, 0.1) is 0 Å². The summed E-state index contributed by atoms with van der Waals surface area (Å²) < 4.78 is 0. The van der Waals surface area contributed by atoms with Gasteiger partial charge in [-0.25, -0.2) is 0 Å². The summed E-state index contributed by atoms with van der Waals surface area (Å²) in [5.41, 5.74) is 0.597. The summed E-state index contributed by atoms with van der Waals surface area (Å²) in [5.74, 6) is 0. The van der Waals surface area contributed by atoms with Crippen molar-refractivity contribution >= 4 is 0 Å². The molecule has 0 radical (unpaired) electrons. The molecule has 16 heavy (non-hydrogen) atoms. The van der Waals surface area contributed by atoms with E-state index in [9.17, 15) is 0 Å². The Bertz CT molecular complexity index is 135. The maximum Gasteiger partial charge on any atom is -0.0354 e. The van der Waals surface area contributed by atoms with Gasteiger partial charge in [0.2, 0.25) is 0 Å². The molecule has 0 nitrogen and oxygen atoms in total. The number of hydrogen-bond donors (Lipinski definition) is 0. The van der Waals surface area contributed by atoms with E-state index in [0.29, 0.717) is 5.41 Å². The average Bonchev–Trinajstić information content (AvgIpc) is 2.23. The summed E-state index contributed by atoms with van der Waals surface area (Å²) in [6, 6.07) is 0.